The van der Waals surface area contributed by atoms with E-state index in [1.54, 1.807) is 18.2 Å². The molecule has 21 heavy (non-hydrogen) atoms. The average molecular weight is 311 g/mol. The summed E-state index contributed by atoms with van der Waals surface area (Å²) >= 11 is 0. The molecule has 0 radical (unpaired) electrons. The minimum absolute atomic E-state index is 0.161. The van der Waals surface area contributed by atoms with Gasteiger partial charge in [0.1, 0.15) is 5.75 Å². The molecule has 118 valence electrons. The highest BCUT2D eigenvalue weighted by molar-refractivity contribution is 7.89. The molecule has 1 aliphatic rings. The van der Waals surface area contributed by atoms with Crippen molar-refractivity contribution < 1.29 is 13.2 Å². The quantitative estimate of drug-likeness (QED) is 0.904. The van der Waals surface area contributed by atoms with Crippen LogP contribution in [-0.2, 0) is 10.0 Å². The van der Waals surface area contributed by atoms with Crippen LogP contribution in [0, 0.1) is 0 Å². The van der Waals surface area contributed by atoms with E-state index in [9.17, 15) is 8.42 Å². The lowest BCUT2D eigenvalue weighted by atomic mass is 9.96. The highest BCUT2D eigenvalue weighted by Crippen LogP contribution is 2.33. The van der Waals surface area contributed by atoms with Crippen molar-refractivity contribution in [1.82, 2.24) is 0 Å². The first-order chi connectivity index (χ1) is 9.91. The Bertz CT molecular complexity index is 577. The molecule has 0 saturated heterocycles. The monoisotopic (exact) mass is 311 g/mol. The average Bonchev–Trinajstić information content (AvgIpc) is 2.47. The van der Waals surface area contributed by atoms with Gasteiger partial charge in [-0.25, -0.2) is 13.6 Å². The van der Waals surface area contributed by atoms with Crippen molar-refractivity contribution in [3.63, 3.8) is 0 Å². The molecule has 2 N–H and O–H groups in total. The zero-order valence-corrected chi connectivity index (χ0v) is 13.7. The fourth-order valence-electron chi connectivity index (χ4n) is 2.78. The van der Waals surface area contributed by atoms with Gasteiger partial charge in [0, 0.05) is 0 Å². The van der Waals surface area contributed by atoms with Gasteiger partial charge in [-0.3, -0.25) is 0 Å². The van der Waals surface area contributed by atoms with Gasteiger partial charge >= 0.3 is 0 Å². The van der Waals surface area contributed by atoms with Crippen molar-refractivity contribution in [3.8, 4) is 5.75 Å². The highest BCUT2D eigenvalue weighted by atomic mass is 32.2. The van der Waals surface area contributed by atoms with E-state index < -0.39 is 10.0 Å². The summed E-state index contributed by atoms with van der Waals surface area (Å²) in [5.74, 6) is 1.05. The third-order valence-corrected chi connectivity index (χ3v) is 5.21. The zero-order chi connectivity index (χ0) is 15.5. The summed E-state index contributed by atoms with van der Waals surface area (Å²) in [5, 5.41) is 5.23. The first kappa shape index (κ1) is 16.3. The van der Waals surface area contributed by atoms with E-state index in [1.807, 2.05) is 0 Å². The van der Waals surface area contributed by atoms with Gasteiger partial charge in [-0.2, -0.15) is 0 Å². The molecule has 1 fully saturated rings. The molecule has 2 rings (SSSR count). The molecule has 0 bridgehead atoms. The molecule has 0 aliphatic heterocycles. The Balaban J connectivity index is 2.30. The topological polar surface area (TPSA) is 69.4 Å². The number of primary sulfonamides is 1. The molecule has 0 spiro atoms. The van der Waals surface area contributed by atoms with Crippen LogP contribution in [0.4, 0.5) is 0 Å². The third-order valence-electron chi connectivity index (χ3n) is 4.30. The van der Waals surface area contributed by atoms with Gasteiger partial charge in [-0.15, -0.1) is 0 Å². The SMILES string of the molecule is CCC(C)c1cc(S(N)(=O)=O)ccc1OC1CCCCC1. The molecule has 1 unspecified atom stereocenters. The van der Waals surface area contributed by atoms with E-state index in [0.717, 1.165) is 30.6 Å². The second kappa shape index (κ2) is 6.79. The molecular formula is C16H25NO3S. The summed E-state index contributed by atoms with van der Waals surface area (Å²) in [4.78, 5) is 0.161. The Morgan fingerprint density at radius 3 is 2.52 bits per heavy atom. The lowest BCUT2D eigenvalue weighted by Crippen LogP contribution is -2.21. The van der Waals surface area contributed by atoms with E-state index in [4.69, 9.17) is 9.88 Å². The van der Waals surface area contributed by atoms with Crippen LogP contribution in [0.1, 0.15) is 63.9 Å². The van der Waals surface area contributed by atoms with Gasteiger partial charge in [0.15, 0.2) is 0 Å². The van der Waals surface area contributed by atoms with E-state index in [0.29, 0.717) is 0 Å². The van der Waals surface area contributed by atoms with Crippen LogP contribution in [-0.4, -0.2) is 14.5 Å². The number of benzene rings is 1. The summed E-state index contributed by atoms with van der Waals surface area (Å²) < 4.78 is 29.2. The number of rotatable bonds is 5. The Kier molecular flexibility index (Phi) is 5.27. The smallest absolute Gasteiger partial charge is 0.238 e. The maximum atomic E-state index is 11.5. The minimum Gasteiger partial charge on any atom is -0.490 e. The molecule has 1 aromatic carbocycles. The first-order valence-corrected chi connectivity index (χ1v) is 9.30. The lowest BCUT2D eigenvalue weighted by molar-refractivity contribution is 0.153. The van der Waals surface area contributed by atoms with Crippen LogP contribution < -0.4 is 9.88 Å². The summed E-state index contributed by atoms with van der Waals surface area (Å²) in [6, 6.07) is 4.97. The number of hydrogen-bond donors (Lipinski definition) is 1. The number of sulfonamides is 1. The van der Waals surface area contributed by atoms with Crippen molar-refractivity contribution in [1.29, 1.82) is 0 Å². The lowest BCUT2D eigenvalue weighted by Gasteiger charge is -2.25. The molecule has 1 aromatic rings. The maximum Gasteiger partial charge on any atom is 0.238 e. The fourth-order valence-corrected chi connectivity index (χ4v) is 3.33. The van der Waals surface area contributed by atoms with Crippen LogP contribution in [0.15, 0.2) is 23.1 Å². The largest absolute Gasteiger partial charge is 0.490 e. The van der Waals surface area contributed by atoms with Crippen molar-refractivity contribution >= 4 is 10.0 Å². The number of ether oxygens (including phenoxy) is 1. The maximum absolute atomic E-state index is 11.5. The van der Waals surface area contributed by atoms with Gasteiger partial charge < -0.3 is 4.74 Å². The number of nitrogens with two attached hydrogens (primary N) is 1. The molecule has 4 nitrogen and oxygen atoms in total. The van der Waals surface area contributed by atoms with Gasteiger partial charge in [-0.05, 0) is 61.8 Å². The third kappa shape index (κ3) is 4.20. The van der Waals surface area contributed by atoms with E-state index >= 15 is 0 Å². The zero-order valence-electron chi connectivity index (χ0n) is 12.8. The van der Waals surface area contributed by atoms with Crippen LogP contribution >= 0.6 is 0 Å². The first-order valence-electron chi connectivity index (χ1n) is 7.75. The number of hydrogen-bond acceptors (Lipinski definition) is 3. The van der Waals surface area contributed by atoms with E-state index in [2.05, 4.69) is 13.8 Å². The van der Waals surface area contributed by atoms with Gasteiger partial charge in [-0.1, -0.05) is 20.3 Å². The minimum atomic E-state index is -3.67. The van der Waals surface area contributed by atoms with Gasteiger partial charge in [0.05, 0.1) is 11.0 Å². The van der Waals surface area contributed by atoms with Crippen molar-refractivity contribution in [2.75, 3.05) is 0 Å². The second-order valence-electron chi connectivity index (χ2n) is 5.93. The second-order valence-corrected chi connectivity index (χ2v) is 7.49. The summed E-state index contributed by atoms with van der Waals surface area (Å²) in [7, 11) is -3.67. The summed E-state index contributed by atoms with van der Waals surface area (Å²) in [6.07, 6.45) is 7.03. The van der Waals surface area contributed by atoms with Crippen LogP contribution in [0.25, 0.3) is 0 Å². The predicted molar refractivity (Wildman–Crippen MR) is 84.0 cm³/mol. The Labute approximate surface area is 127 Å². The Morgan fingerprint density at radius 2 is 1.95 bits per heavy atom. The van der Waals surface area contributed by atoms with Crippen LogP contribution in [0.3, 0.4) is 0 Å². The predicted octanol–water partition coefficient (Wildman–Crippen LogP) is 3.56. The molecule has 1 atom stereocenters. The van der Waals surface area contributed by atoms with E-state index in [1.165, 1.54) is 19.3 Å². The van der Waals surface area contributed by atoms with Crippen LogP contribution in [0.5, 0.6) is 5.75 Å². The molecule has 0 heterocycles. The van der Waals surface area contributed by atoms with E-state index in [-0.39, 0.29) is 16.9 Å². The fraction of sp³-hybridized carbons (Fsp3) is 0.625. The van der Waals surface area contributed by atoms with Crippen molar-refractivity contribution in [2.45, 2.75) is 69.3 Å². The molecule has 1 saturated carbocycles. The molecule has 5 heteroatoms. The Hall–Kier alpha value is -1.07. The summed E-state index contributed by atoms with van der Waals surface area (Å²) in [6.45, 7) is 4.16. The standard InChI is InChI=1S/C16H25NO3S/c1-3-12(2)15-11-14(21(17,18)19)9-10-16(15)20-13-7-5-4-6-8-13/h9-13H,3-8H2,1-2H3,(H2,17,18,19). The van der Waals surface area contributed by atoms with Gasteiger partial charge in [0.25, 0.3) is 0 Å². The van der Waals surface area contributed by atoms with Crippen molar-refractivity contribution in [2.24, 2.45) is 5.14 Å². The summed E-state index contributed by atoms with van der Waals surface area (Å²) in [5.41, 5.74) is 0.939. The molecule has 0 amide bonds. The van der Waals surface area contributed by atoms with Gasteiger partial charge in [0.2, 0.25) is 10.0 Å². The van der Waals surface area contributed by atoms with Crippen LogP contribution in [0.2, 0.25) is 0 Å². The van der Waals surface area contributed by atoms with Crippen molar-refractivity contribution in [3.05, 3.63) is 23.8 Å². The highest BCUT2D eigenvalue weighted by Gasteiger charge is 2.20. The Morgan fingerprint density at radius 1 is 1.29 bits per heavy atom. The molecule has 0 aromatic heterocycles. The molecule has 1 aliphatic carbocycles. The molecular weight excluding hydrogens is 286 g/mol. The normalized spacial score (nSPS) is 18.4.